The largest absolute Gasteiger partial charge is 0.497 e. The predicted molar refractivity (Wildman–Crippen MR) is 111 cm³/mol. The lowest BCUT2D eigenvalue weighted by atomic mass is 9.78. The Morgan fingerprint density at radius 2 is 2.00 bits per heavy atom. The molecule has 30 heavy (non-hydrogen) atoms. The number of ether oxygens (including phenoxy) is 2. The number of piperidine rings is 1. The maximum Gasteiger partial charge on any atom is 0.259 e. The molecule has 7 heteroatoms. The van der Waals surface area contributed by atoms with E-state index in [0.717, 1.165) is 30.7 Å². The van der Waals surface area contributed by atoms with Crippen LogP contribution in [0.25, 0.3) is 0 Å². The highest BCUT2D eigenvalue weighted by Gasteiger charge is 2.49. The second-order valence-corrected chi connectivity index (χ2v) is 8.00. The van der Waals surface area contributed by atoms with Crippen LogP contribution in [0.2, 0.25) is 0 Å². The van der Waals surface area contributed by atoms with Gasteiger partial charge in [-0.2, -0.15) is 0 Å². The maximum atomic E-state index is 13.5. The lowest BCUT2D eigenvalue weighted by Crippen LogP contribution is -2.50. The smallest absolute Gasteiger partial charge is 0.259 e. The van der Waals surface area contributed by atoms with E-state index in [1.54, 1.807) is 30.3 Å². The number of aromatic nitrogens is 1. The van der Waals surface area contributed by atoms with E-state index >= 15 is 0 Å². The summed E-state index contributed by atoms with van der Waals surface area (Å²) in [5, 5.41) is 0. The molecule has 2 aliphatic rings. The SMILES string of the molecule is COc1cccc(CN2CCCC3(CCN(C(=O)c4cccnc4OC)C3)C2=O)c1. The first-order valence-electron chi connectivity index (χ1n) is 10.3. The number of carbonyl (C=O) groups is 2. The summed E-state index contributed by atoms with van der Waals surface area (Å²) in [4.78, 5) is 34.3. The fraction of sp³-hybridized carbons (Fsp3) is 0.435. The van der Waals surface area contributed by atoms with Gasteiger partial charge in [-0.15, -0.1) is 0 Å². The number of carbonyl (C=O) groups excluding carboxylic acids is 2. The van der Waals surface area contributed by atoms with Crippen LogP contribution in [0.3, 0.4) is 0 Å². The van der Waals surface area contributed by atoms with Crippen molar-refractivity contribution in [2.45, 2.75) is 25.8 Å². The van der Waals surface area contributed by atoms with Crippen LogP contribution in [0.5, 0.6) is 11.6 Å². The van der Waals surface area contributed by atoms with Crippen LogP contribution in [0.4, 0.5) is 0 Å². The molecule has 0 saturated carbocycles. The summed E-state index contributed by atoms with van der Waals surface area (Å²) in [6.45, 7) is 2.30. The Morgan fingerprint density at radius 3 is 2.80 bits per heavy atom. The van der Waals surface area contributed by atoms with Crippen LogP contribution in [-0.4, -0.2) is 60.5 Å². The minimum Gasteiger partial charge on any atom is -0.497 e. The van der Waals surface area contributed by atoms with Crippen LogP contribution >= 0.6 is 0 Å². The van der Waals surface area contributed by atoms with Crippen molar-refractivity contribution >= 4 is 11.8 Å². The van der Waals surface area contributed by atoms with E-state index in [2.05, 4.69) is 4.98 Å². The summed E-state index contributed by atoms with van der Waals surface area (Å²) in [7, 11) is 3.15. The van der Waals surface area contributed by atoms with E-state index < -0.39 is 5.41 Å². The Morgan fingerprint density at radius 1 is 1.13 bits per heavy atom. The first-order chi connectivity index (χ1) is 14.6. The highest BCUT2D eigenvalue weighted by molar-refractivity contribution is 5.97. The molecular weight excluding hydrogens is 382 g/mol. The van der Waals surface area contributed by atoms with E-state index in [4.69, 9.17) is 9.47 Å². The van der Waals surface area contributed by atoms with Crippen molar-refractivity contribution in [2.24, 2.45) is 5.41 Å². The van der Waals surface area contributed by atoms with Crippen molar-refractivity contribution in [3.63, 3.8) is 0 Å². The Bertz CT molecular complexity index is 948. The number of methoxy groups -OCH3 is 2. The van der Waals surface area contributed by atoms with Crippen molar-refractivity contribution < 1.29 is 19.1 Å². The summed E-state index contributed by atoms with van der Waals surface area (Å²) >= 11 is 0. The number of hydrogen-bond acceptors (Lipinski definition) is 5. The molecule has 1 atom stereocenters. The van der Waals surface area contributed by atoms with Crippen molar-refractivity contribution in [1.82, 2.24) is 14.8 Å². The first-order valence-corrected chi connectivity index (χ1v) is 10.3. The van der Waals surface area contributed by atoms with Crippen molar-refractivity contribution in [2.75, 3.05) is 33.9 Å². The van der Waals surface area contributed by atoms with Crippen LogP contribution in [0, 0.1) is 5.41 Å². The average Bonchev–Trinajstić information content (AvgIpc) is 3.21. The Hall–Kier alpha value is -3.09. The zero-order valence-electron chi connectivity index (χ0n) is 17.5. The number of amides is 2. The third-order valence-corrected chi connectivity index (χ3v) is 6.17. The second-order valence-electron chi connectivity index (χ2n) is 8.00. The molecule has 1 aromatic carbocycles. The predicted octanol–water partition coefficient (Wildman–Crippen LogP) is 2.75. The second kappa shape index (κ2) is 8.34. The zero-order chi connectivity index (χ0) is 21.1. The average molecular weight is 409 g/mol. The summed E-state index contributed by atoms with van der Waals surface area (Å²) < 4.78 is 10.5. The van der Waals surface area contributed by atoms with Gasteiger partial charge in [0.05, 0.1) is 19.6 Å². The highest BCUT2D eigenvalue weighted by Crippen LogP contribution is 2.41. The summed E-state index contributed by atoms with van der Waals surface area (Å²) in [5.74, 6) is 1.12. The number of rotatable bonds is 5. The normalized spacial score (nSPS) is 21.2. The van der Waals surface area contributed by atoms with E-state index in [-0.39, 0.29) is 11.8 Å². The molecule has 0 radical (unpaired) electrons. The van der Waals surface area contributed by atoms with Gasteiger partial charge >= 0.3 is 0 Å². The minimum absolute atomic E-state index is 0.130. The van der Waals surface area contributed by atoms with Gasteiger partial charge in [-0.05, 0) is 49.1 Å². The van der Waals surface area contributed by atoms with Crippen LogP contribution in [0.15, 0.2) is 42.6 Å². The molecule has 7 nitrogen and oxygen atoms in total. The van der Waals surface area contributed by atoms with Crippen molar-refractivity contribution in [1.29, 1.82) is 0 Å². The van der Waals surface area contributed by atoms with Gasteiger partial charge in [-0.3, -0.25) is 9.59 Å². The van der Waals surface area contributed by atoms with Gasteiger partial charge in [0, 0.05) is 32.4 Å². The van der Waals surface area contributed by atoms with Gasteiger partial charge in [0.1, 0.15) is 11.3 Å². The van der Waals surface area contributed by atoms with Crippen LogP contribution < -0.4 is 9.47 Å². The fourth-order valence-corrected chi connectivity index (χ4v) is 4.61. The quantitative estimate of drug-likeness (QED) is 0.759. The minimum atomic E-state index is -0.498. The first kappa shape index (κ1) is 20.2. The number of hydrogen-bond donors (Lipinski definition) is 0. The van der Waals surface area contributed by atoms with Gasteiger partial charge in [-0.1, -0.05) is 12.1 Å². The van der Waals surface area contributed by atoms with Crippen molar-refractivity contribution in [3.8, 4) is 11.6 Å². The molecule has 0 aliphatic carbocycles. The molecule has 1 unspecified atom stereocenters. The molecule has 4 rings (SSSR count). The lowest BCUT2D eigenvalue weighted by Gasteiger charge is -2.39. The fourth-order valence-electron chi connectivity index (χ4n) is 4.61. The standard InChI is InChI=1S/C23H27N3O4/c1-29-18-7-3-6-17(14-18)15-25-12-5-9-23(22(25)28)10-13-26(16-23)21(27)19-8-4-11-24-20(19)30-2/h3-4,6-8,11,14H,5,9-10,12-13,15-16H2,1-2H3. The van der Waals surface area contributed by atoms with E-state index in [0.29, 0.717) is 37.5 Å². The molecule has 2 fully saturated rings. The Labute approximate surface area is 176 Å². The molecule has 0 N–H and O–H groups in total. The lowest BCUT2D eigenvalue weighted by molar-refractivity contribution is -0.146. The van der Waals surface area contributed by atoms with E-state index in [1.165, 1.54) is 7.11 Å². The molecule has 2 amide bonds. The number of nitrogens with zero attached hydrogens (tertiary/aromatic N) is 3. The third-order valence-electron chi connectivity index (χ3n) is 6.17. The summed E-state index contributed by atoms with van der Waals surface area (Å²) in [6.07, 6.45) is 4.04. The van der Waals surface area contributed by atoms with Crippen LogP contribution in [0.1, 0.15) is 35.2 Å². The van der Waals surface area contributed by atoms with Gasteiger partial charge in [0.15, 0.2) is 0 Å². The molecule has 2 aliphatic heterocycles. The van der Waals surface area contributed by atoms with Gasteiger partial charge in [0.25, 0.3) is 5.91 Å². The summed E-state index contributed by atoms with van der Waals surface area (Å²) in [5.41, 5.74) is 0.988. The molecule has 2 aromatic rings. The number of pyridine rings is 1. The molecule has 158 valence electrons. The van der Waals surface area contributed by atoms with E-state index in [9.17, 15) is 9.59 Å². The highest BCUT2D eigenvalue weighted by atomic mass is 16.5. The number of likely N-dealkylation sites (tertiary alicyclic amines) is 2. The van der Waals surface area contributed by atoms with Crippen molar-refractivity contribution in [3.05, 3.63) is 53.7 Å². The van der Waals surface area contributed by atoms with Gasteiger partial charge < -0.3 is 19.3 Å². The monoisotopic (exact) mass is 409 g/mol. The third kappa shape index (κ3) is 3.72. The molecule has 1 aromatic heterocycles. The topological polar surface area (TPSA) is 72.0 Å². The van der Waals surface area contributed by atoms with Gasteiger partial charge in [0.2, 0.25) is 11.8 Å². The maximum absolute atomic E-state index is 13.5. The zero-order valence-corrected chi connectivity index (χ0v) is 17.5. The molecule has 2 saturated heterocycles. The molecule has 0 bridgehead atoms. The number of benzene rings is 1. The van der Waals surface area contributed by atoms with E-state index in [1.807, 2.05) is 29.2 Å². The Kier molecular flexibility index (Phi) is 5.61. The van der Waals surface area contributed by atoms with Gasteiger partial charge in [-0.25, -0.2) is 4.98 Å². The molecule has 3 heterocycles. The molecular formula is C23H27N3O4. The molecule has 1 spiro atoms. The van der Waals surface area contributed by atoms with Crippen LogP contribution in [-0.2, 0) is 11.3 Å². The summed E-state index contributed by atoms with van der Waals surface area (Å²) in [6, 6.07) is 11.3. The Balaban J connectivity index is 1.49.